The van der Waals surface area contributed by atoms with Crippen molar-refractivity contribution in [3.05, 3.63) is 132 Å². The standard InChI is InChI=1S/C30H23ClN6.3ClH/c31-24-17-22(20-10-12-25(13-11-20)36-29(32)27-8-1-3-14-34-27)16-23(18-24)21-6-5-7-26(19-21)37-30(33)28-9-2-4-15-35-28;;;/h1-19H,(H2,32,36)(H2,33,37);3*1H. The summed E-state index contributed by atoms with van der Waals surface area (Å²) in [5.41, 5.74) is 18.9. The van der Waals surface area contributed by atoms with Gasteiger partial charge in [0.2, 0.25) is 0 Å². The molecule has 0 aliphatic heterocycles. The number of amidine groups is 2. The van der Waals surface area contributed by atoms with Crippen molar-refractivity contribution in [2.45, 2.75) is 0 Å². The molecule has 0 saturated carbocycles. The lowest BCUT2D eigenvalue weighted by atomic mass is 9.98. The molecule has 4 N–H and O–H groups in total. The van der Waals surface area contributed by atoms with E-state index in [-0.39, 0.29) is 37.2 Å². The van der Waals surface area contributed by atoms with Crippen LogP contribution in [0.4, 0.5) is 11.4 Å². The summed E-state index contributed by atoms with van der Waals surface area (Å²) >= 11 is 6.52. The van der Waals surface area contributed by atoms with Crippen molar-refractivity contribution < 1.29 is 0 Å². The first kappa shape index (κ1) is 32.3. The van der Waals surface area contributed by atoms with Gasteiger partial charge in [-0.1, -0.05) is 48.0 Å². The van der Waals surface area contributed by atoms with E-state index in [1.807, 2.05) is 97.1 Å². The van der Waals surface area contributed by atoms with E-state index in [1.54, 1.807) is 12.4 Å². The molecule has 0 radical (unpaired) electrons. The lowest BCUT2D eigenvalue weighted by Gasteiger charge is -2.09. The number of nitrogens with zero attached hydrogens (tertiary/aromatic N) is 4. The van der Waals surface area contributed by atoms with E-state index in [4.69, 9.17) is 23.1 Å². The fourth-order valence-electron chi connectivity index (χ4n) is 3.83. The van der Waals surface area contributed by atoms with Gasteiger partial charge in [0.15, 0.2) is 0 Å². The summed E-state index contributed by atoms with van der Waals surface area (Å²) in [7, 11) is 0. The number of nitrogens with two attached hydrogens (primary N) is 2. The smallest absolute Gasteiger partial charge is 0.150 e. The van der Waals surface area contributed by atoms with Crippen LogP contribution >= 0.6 is 48.8 Å². The van der Waals surface area contributed by atoms with E-state index >= 15 is 0 Å². The number of hydrogen-bond donors (Lipinski definition) is 2. The fraction of sp³-hybridized carbons (Fsp3) is 0. The molecule has 0 fully saturated rings. The Hall–Kier alpha value is -3.94. The quantitative estimate of drug-likeness (QED) is 0.151. The molecule has 2 heterocycles. The van der Waals surface area contributed by atoms with Gasteiger partial charge in [0.1, 0.15) is 23.1 Å². The first-order valence-electron chi connectivity index (χ1n) is 11.6. The maximum Gasteiger partial charge on any atom is 0.150 e. The van der Waals surface area contributed by atoms with Crippen molar-refractivity contribution in [2.24, 2.45) is 21.5 Å². The van der Waals surface area contributed by atoms with Crippen molar-refractivity contribution in [1.29, 1.82) is 0 Å². The van der Waals surface area contributed by atoms with Crippen molar-refractivity contribution >= 4 is 71.9 Å². The first-order chi connectivity index (χ1) is 18.0. The van der Waals surface area contributed by atoms with Crippen molar-refractivity contribution in [3.63, 3.8) is 0 Å². The Bertz CT molecular complexity index is 1590. The van der Waals surface area contributed by atoms with Crippen molar-refractivity contribution in [2.75, 3.05) is 0 Å². The summed E-state index contributed by atoms with van der Waals surface area (Å²) in [6.07, 6.45) is 3.38. The van der Waals surface area contributed by atoms with E-state index in [2.05, 4.69) is 26.0 Å². The van der Waals surface area contributed by atoms with Gasteiger partial charge in [0.25, 0.3) is 0 Å². The van der Waals surface area contributed by atoms with Gasteiger partial charge >= 0.3 is 0 Å². The van der Waals surface area contributed by atoms with E-state index in [1.165, 1.54) is 0 Å². The van der Waals surface area contributed by atoms with Gasteiger partial charge in [-0.15, -0.1) is 37.2 Å². The Morgan fingerprint density at radius 1 is 0.525 bits per heavy atom. The maximum atomic E-state index is 6.52. The van der Waals surface area contributed by atoms with Gasteiger partial charge in [-0.2, -0.15) is 0 Å². The molecule has 5 rings (SSSR count). The molecule has 0 bridgehead atoms. The average Bonchev–Trinajstić information content (AvgIpc) is 2.94. The fourth-order valence-corrected chi connectivity index (χ4v) is 4.06. The Morgan fingerprint density at radius 3 is 1.62 bits per heavy atom. The molecule has 2 aromatic heterocycles. The number of aromatic nitrogens is 2. The van der Waals surface area contributed by atoms with Crippen LogP contribution in [0.5, 0.6) is 0 Å². The van der Waals surface area contributed by atoms with E-state index < -0.39 is 0 Å². The topological polar surface area (TPSA) is 103 Å². The number of rotatable bonds is 6. The molecule has 0 saturated heterocycles. The molecule has 40 heavy (non-hydrogen) atoms. The molecule has 3 aromatic carbocycles. The van der Waals surface area contributed by atoms with Gasteiger partial charge in [0, 0.05) is 17.4 Å². The zero-order valence-electron chi connectivity index (χ0n) is 21.0. The van der Waals surface area contributed by atoms with Crippen LogP contribution in [0, 0.1) is 0 Å². The van der Waals surface area contributed by atoms with Gasteiger partial charge in [-0.05, 0) is 89.0 Å². The molecule has 10 heteroatoms. The van der Waals surface area contributed by atoms with Crippen LogP contribution in [0.2, 0.25) is 5.02 Å². The number of halogens is 4. The minimum absolute atomic E-state index is 0. The highest BCUT2D eigenvalue weighted by molar-refractivity contribution is 6.31. The van der Waals surface area contributed by atoms with E-state index in [0.717, 1.165) is 33.6 Å². The highest BCUT2D eigenvalue weighted by atomic mass is 35.5. The van der Waals surface area contributed by atoms with Gasteiger partial charge in [0.05, 0.1) is 11.4 Å². The Kier molecular flexibility index (Phi) is 12.1. The molecule has 5 aromatic rings. The minimum atomic E-state index is 0. The summed E-state index contributed by atoms with van der Waals surface area (Å²) in [4.78, 5) is 17.5. The molecule has 0 atom stereocenters. The number of hydrogen-bond acceptors (Lipinski definition) is 4. The number of benzene rings is 3. The molecule has 0 amide bonds. The van der Waals surface area contributed by atoms with Gasteiger partial charge < -0.3 is 11.5 Å². The van der Waals surface area contributed by atoms with Crippen LogP contribution in [-0.4, -0.2) is 21.6 Å². The second-order valence-electron chi connectivity index (χ2n) is 8.25. The third-order valence-electron chi connectivity index (χ3n) is 5.63. The van der Waals surface area contributed by atoms with Gasteiger partial charge in [-0.25, -0.2) is 9.98 Å². The molecular weight excluding hydrogens is 586 g/mol. The lowest BCUT2D eigenvalue weighted by molar-refractivity contribution is 1.27. The minimum Gasteiger partial charge on any atom is -0.382 e. The highest BCUT2D eigenvalue weighted by Gasteiger charge is 2.07. The van der Waals surface area contributed by atoms with E-state index in [9.17, 15) is 0 Å². The summed E-state index contributed by atoms with van der Waals surface area (Å²) in [5, 5.41) is 0.635. The molecule has 0 aliphatic rings. The monoisotopic (exact) mass is 610 g/mol. The number of aliphatic imine (C=N–C) groups is 2. The Labute approximate surface area is 256 Å². The largest absolute Gasteiger partial charge is 0.382 e. The highest BCUT2D eigenvalue weighted by Crippen LogP contribution is 2.32. The first-order valence-corrected chi connectivity index (χ1v) is 12.0. The third kappa shape index (κ3) is 8.04. The Morgan fingerprint density at radius 2 is 1.07 bits per heavy atom. The van der Waals surface area contributed by atoms with Crippen molar-refractivity contribution in [1.82, 2.24) is 9.97 Å². The average molecular weight is 612 g/mol. The Balaban J connectivity index is 0.00000187. The van der Waals surface area contributed by atoms with Crippen LogP contribution in [-0.2, 0) is 0 Å². The zero-order valence-corrected chi connectivity index (χ0v) is 24.2. The molecule has 0 aliphatic carbocycles. The third-order valence-corrected chi connectivity index (χ3v) is 5.85. The lowest BCUT2D eigenvalue weighted by Crippen LogP contribution is -2.14. The molecule has 6 nitrogen and oxygen atoms in total. The molecule has 0 unspecified atom stereocenters. The second kappa shape index (κ2) is 15.0. The normalized spacial score (nSPS) is 11.0. The van der Waals surface area contributed by atoms with Crippen LogP contribution < -0.4 is 11.5 Å². The molecule has 204 valence electrons. The molecule has 0 spiro atoms. The van der Waals surface area contributed by atoms with Crippen molar-refractivity contribution in [3.8, 4) is 22.3 Å². The number of pyridine rings is 2. The summed E-state index contributed by atoms with van der Waals surface area (Å²) < 4.78 is 0. The van der Waals surface area contributed by atoms with Crippen LogP contribution in [0.25, 0.3) is 22.3 Å². The molecular formula is C30H26Cl4N6. The zero-order chi connectivity index (χ0) is 25.6. The maximum absolute atomic E-state index is 6.52. The summed E-state index contributed by atoms with van der Waals surface area (Å²) in [6.45, 7) is 0. The summed E-state index contributed by atoms with van der Waals surface area (Å²) in [6, 6.07) is 32.7. The SMILES string of the molecule is Cl.Cl.Cl.NC(=Nc1ccc(-c2cc(Cl)cc(-c3cccc(N=C(N)c4ccccn4)c3)c2)cc1)c1ccccn1. The van der Waals surface area contributed by atoms with E-state index in [0.29, 0.717) is 28.1 Å². The second-order valence-corrected chi connectivity index (χ2v) is 8.69. The van der Waals surface area contributed by atoms with Crippen LogP contribution in [0.3, 0.4) is 0 Å². The van der Waals surface area contributed by atoms with Crippen LogP contribution in [0.15, 0.2) is 126 Å². The van der Waals surface area contributed by atoms with Gasteiger partial charge in [-0.3, -0.25) is 9.97 Å². The van der Waals surface area contributed by atoms with Crippen LogP contribution in [0.1, 0.15) is 11.4 Å². The predicted octanol–water partition coefficient (Wildman–Crippen LogP) is 7.80. The predicted molar refractivity (Wildman–Crippen MR) is 173 cm³/mol. The summed E-state index contributed by atoms with van der Waals surface area (Å²) in [5.74, 6) is 0.723.